The number of nitrogens with zero attached hydrogens (tertiary/aromatic N) is 2. The summed E-state index contributed by atoms with van der Waals surface area (Å²) in [5, 5.41) is 0. The Morgan fingerprint density at radius 3 is 2.00 bits per heavy atom. The molecule has 2 nitrogen and oxygen atoms in total. The van der Waals surface area contributed by atoms with Crippen molar-refractivity contribution in [1.29, 1.82) is 0 Å². The highest BCUT2D eigenvalue weighted by molar-refractivity contribution is 7.80. The Balaban J connectivity index is 2.41. The van der Waals surface area contributed by atoms with E-state index in [1.54, 1.807) is 0 Å². The summed E-state index contributed by atoms with van der Waals surface area (Å²) in [5.74, 6) is 0. The molecule has 0 amide bonds. The molecule has 0 spiro atoms. The van der Waals surface area contributed by atoms with Gasteiger partial charge >= 0.3 is 0 Å². The molecule has 0 atom stereocenters. The highest BCUT2D eigenvalue weighted by Crippen LogP contribution is 2.49. The van der Waals surface area contributed by atoms with Crippen molar-refractivity contribution >= 4 is 18.8 Å². The van der Waals surface area contributed by atoms with Crippen LogP contribution >= 0.6 is 18.8 Å². The maximum Gasteiger partial charge on any atom is 0.139 e. The Kier molecular flexibility index (Phi) is 2.72. The van der Waals surface area contributed by atoms with Gasteiger partial charge in [0, 0.05) is 13.1 Å². The predicted octanol–water partition coefficient (Wildman–Crippen LogP) is 1.72. The molecule has 1 rings (SSSR count). The molecule has 0 saturated carbocycles. The predicted molar refractivity (Wildman–Crippen MR) is 42.7 cm³/mol. The highest BCUT2D eigenvalue weighted by Gasteiger charge is 2.20. The lowest BCUT2D eigenvalue weighted by molar-refractivity contribution is 0.393. The minimum absolute atomic E-state index is 0.475. The number of halogens is 1. The average molecular weight is 167 g/mol. The molecule has 0 aromatic rings. The first-order chi connectivity index (χ1) is 4.22. The van der Waals surface area contributed by atoms with Crippen molar-refractivity contribution in [2.24, 2.45) is 0 Å². The third kappa shape index (κ3) is 1.78. The van der Waals surface area contributed by atoms with E-state index in [0.29, 0.717) is 0 Å². The summed E-state index contributed by atoms with van der Waals surface area (Å²) in [4.78, 5) is 0. The molecule has 0 aliphatic carbocycles. The van der Waals surface area contributed by atoms with Gasteiger partial charge in [0.2, 0.25) is 0 Å². The van der Waals surface area contributed by atoms with Crippen LogP contribution in [0.15, 0.2) is 0 Å². The summed E-state index contributed by atoms with van der Waals surface area (Å²) in [5.41, 5.74) is 0. The first-order valence-corrected chi connectivity index (χ1v) is 5.25. The van der Waals surface area contributed by atoms with E-state index in [9.17, 15) is 0 Å². The Hall–Kier alpha value is 0.640. The monoisotopic (exact) mass is 166 g/mol. The van der Waals surface area contributed by atoms with E-state index in [4.69, 9.17) is 11.2 Å². The number of hydrogen-bond acceptors (Lipinski definition) is 2. The average Bonchev–Trinajstić information content (AvgIpc) is 1.83. The maximum absolute atomic E-state index is 6.03. The van der Waals surface area contributed by atoms with Gasteiger partial charge in [0.1, 0.15) is 7.58 Å². The molecule has 1 aliphatic heterocycles. The molecular formula is C5H12ClN2P. The van der Waals surface area contributed by atoms with Crippen molar-refractivity contribution < 1.29 is 0 Å². The van der Waals surface area contributed by atoms with Crippen LogP contribution < -0.4 is 0 Å². The van der Waals surface area contributed by atoms with Crippen LogP contribution in [0.2, 0.25) is 0 Å². The summed E-state index contributed by atoms with van der Waals surface area (Å²) in [6.45, 7) is 2.30. The van der Waals surface area contributed by atoms with Gasteiger partial charge in [0.15, 0.2) is 0 Å². The topological polar surface area (TPSA) is 6.48 Å². The van der Waals surface area contributed by atoms with Crippen molar-refractivity contribution in [3.8, 4) is 0 Å². The Bertz CT molecular complexity index is 91.0. The van der Waals surface area contributed by atoms with Gasteiger partial charge in [-0.3, -0.25) is 9.34 Å². The Labute approximate surface area is 62.4 Å². The van der Waals surface area contributed by atoms with E-state index in [1.165, 1.54) is 6.42 Å². The SMILES string of the molecule is CN1CCCN(C)P1Cl. The van der Waals surface area contributed by atoms with E-state index in [2.05, 4.69) is 23.4 Å². The maximum atomic E-state index is 6.03. The lowest BCUT2D eigenvalue weighted by Gasteiger charge is -2.34. The molecule has 0 aromatic carbocycles. The van der Waals surface area contributed by atoms with E-state index < -0.39 is 7.58 Å². The molecule has 0 radical (unpaired) electrons. The minimum Gasteiger partial charge on any atom is -0.260 e. The zero-order chi connectivity index (χ0) is 6.85. The number of hydrogen-bond donors (Lipinski definition) is 0. The molecule has 0 unspecified atom stereocenters. The molecule has 0 N–H and O–H groups in total. The van der Waals surface area contributed by atoms with Gasteiger partial charge in [-0.2, -0.15) is 0 Å². The van der Waals surface area contributed by atoms with E-state index in [0.717, 1.165) is 13.1 Å². The van der Waals surface area contributed by atoms with Crippen LogP contribution in [0.4, 0.5) is 0 Å². The van der Waals surface area contributed by atoms with Crippen LogP contribution in [-0.4, -0.2) is 36.5 Å². The largest absolute Gasteiger partial charge is 0.260 e. The molecule has 54 valence electrons. The zero-order valence-electron chi connectivity index (χ0n) is 5.84. The molecular weight excluding hydrogens is 154 g/mol. The molecule has 0 bridgehead atoms. The van der Waals surface area contributed by atoms with Gasteiger partial charge in [-0.05, 0) is 20.5 Å². The second-order valence-electron chi connectivity index (χ2n) is 2.36. The quantitative estimate of drug-likeness (QED) is 0.506. The van der Waals surface area contributed by atoms with Crippen molar-refractivity contribution in [2.45, 2.75) is 6.42 Å². The van der Waals surface area contributed by atoms with Crippen molar-refractivity contribution in [3.05, 3.63) is 0 Å². The van der Waals surface area contributed by atoms with Gasteiger partial charge < -0.3 is 0 Å². The summed E-state index contributed by atoms with van der Waals surface area (Å²) >= 11 is 6.03. The lowest BCUT2D eigenvalue weighted by atomic mass is 10.4. The summed E-state index contributed by atoms with van der Waals surface area (Å²) in [7, 11) is 3.68. The fourth-order valence-corrected chi connectivity index (χ4v) is 2.54. The fraction of sp³-hybridized carbons (Fsp3) is 1.00. The first-order valence-electron chi connectivity index (χ1n) is 3.10. The third-order valence-corrected chi connectivity index (χ3v) is 4.60. The van der Waals surface area contributed by atoms with Gasteiger partial charge in [-0.1, -0.05) is 11.2 Å². The summed E-state index contributed by atoms with van der Waals surface area (Å²) in [6.07, 6.45) is 1.25. The van der Waals surface area contributed by atoms with Crippen molar-refractivity contribution in [1.82, 2.24) is 9.34 Å². The standard InChI is InChI=1S/C5H12ClN2P/c1-7-4-3-5-8(2)9(7)6/h3-5H2,1-2H3. The normalized spacial score (nSPS) is 27.0. The second kappa shape index (κ2) is 3.16. The second-order valence-corrected chi connectivity index (χ2v) is 5.11. The van der Waals surface area contributed by atoms with Gasteiger partial charge in [-0.15, -0.1) is 0 Å². The van der Waals surface area contributed by atoms with Crippen molar-refractivity contribution in [2.75, 3.05) is 27.2 Å². The minimum atomic E-state index is -0.475. The van der Waals surface area contributed by atoms with Gasteiger partial charge in [-0.25, -0.2) is 0 Å². The zero-order valence-corrected chi connectivity index (χ0v) is 7.49. The summed E-state index contributed by atoms with van der Waals surface area (Å²) < 4.78 is 4.42. The lowest BCUT2D eigenvalue weighted by Crippen LogP contribution is -2.29. The molecule has 0 aromatic heterocycles. The van der Waals surface area contributed by atoms with E-state index in [1.807, 2.05) is 0 Å². The fourth-order valence-electron chi connectivity index (χ4n) is 0.954. The first kappa shape index (κ1) is 7.74. The smallest absolute Gasteiger partial charge is 0.139 e. The molecule has 9 heavy (non-hydrogen) atoms. The molecule has 1 heterocycles. The van der Waals surface area contributed by atoms with E-state index >= 15 is 0 Å². The number of rotatable bonds is 0. The van der Waals surface area contributed by atoms with E-state index in [-0.39, 0.29) is 0 Å². The van der Waals surface area contributed by atoms with Gasteiger partial charge in [0.05, 0.1) is 0 Å². The Morgan fingerprint density at radius 1 is 1.22 bits per heavy atom. The third-order valence-electron chi connectivity index (χ3n) is 1.53. The summed E-state index contributed by atoms with van der Waals surface area (Å²) in [6, 6.07) is 0. The molecule has 1 aliphatic rings. The van der Waals surface area contributed by atoms with Crippen LogP contribution in [-0.2, 0) is 0 Å². The van der Waals surface area contributed by atoms with Crippen LogP contribution in [0.3, 0.4) is 0 Å². The molecule has 1 fully saturated rings. The highest BCUT2D eigenvalue weighted by atomic mass is 35.7. The van der Waals surface area contributed by atoms with Crippen LogP contribution in [0.1, 0.15) is 6.42 Å². The Morgan fingerprint density at radius 2 is 1.67 bits per heavy atom. The van der Waals surface area contributed by atoms with Crippen LogP contribution in [0.5, 0.6) is 0 Å². The molecule has 4 heteroatoms. The van der Waals surface area contributed by atoms with Crippen LogP contribution in [0.25, 0.3) is 0 Å². The molecule has 1 saturated heterocycles. The van der Waals surface area contributed by atoms with Gasteiger partial charge in [0.25, 0.3) is 0 Å². The van der Waals surface area contributed by atoms with Crippen LogP contribution in [0, 0.1) is 0 Å². The van der Waals surface area contributed by atoms with Crippen molar-refractivity contribution in [3.63, 3.8) is 0 Å².